The number of nitrogens with zero attached hydrogens (tertiary/aromatic N) is 1. The van der Waals surface area contributed by atoms with Gasteiger partial charge in [0.1, 0.15) is 0 Å². The second-order valence-electron chi connectivity index (χ2n) is 10.0. The lowest BCUT2D eigenvalue weighted by Crippen LogP contribution is -2.44. The number of nitrogens with one attached hydrogen (secondary N) is 3. The average Bonchev–Trinajstić information content (AvgIpc) is 3.39. The van der Waals surface area contributed by atoms with Crippen molar-refractivity contribution in [2.75, 3.05) is 26.7 Å². The summed E-state index contributed by atoms with van der Waals surface area (Å²) < 4.78 is 38.6. The van der Waals surface area contributed by atoms with Gasteiger partial charge in [0.05, 0.1) is 12.1 Å². The van der Waals surface area contributed by atoms with Crippen LogP contribution in [0.3, 0.4) is 0 Å². The van der Waals surface area contributed by atoms with Crippen LogP contribution in [0, 0.1) is 0 Å². The Bertz CT molecular complexity index is 1140. The van der Waals surface area contributed by atoms with Crippen LogP contribution in [0.1, 0.15) is 69.9 Å². The molecule has 0 unspecified atom stereocenters. The van der Waals surface area contributed by atoms with Crippen LogP contribution < -0.4 is 16.0 Å². The number of alkyl halides is 3. The van der Waals surface area contributed by atoms with Crippen LogP contribution >= 0.6 is 0 Å². The maximum absolute atomic E-state index is 12.9. The van der Waals surface area contributed by atoms with Gasteiger partial charge in [0, 0.05) is 43.3 Å². The quantitative estimate of drug-likeness (QED) is 0.509. The molecule has 1 aliphatic heterocycles. The third-order valence-corrected chi connectivity index (χ3v) is 7.53. The number of carbonyl (C=O) groups excluding carboxylic acids is 3. The van der Waals surface area contributed by atoms with Crippen LogP contribution in [0.4, 0.5) is 13.2 Å². The minimum atomic E-state index is -4.54. The monoisotopic (exact) mass is 530 g/mol. The van der Waals surface area contributed by atoms with Crippen LogP contribution in [-0.4, -0.2) is 61.4 Å². The summed E-state index contributed by atoms with van der Waals surface area (Å²) >= 11 is 0. The van der Waals surface area contributed by atoms with Crippen molar-refractivity contribution in [1.82, 2.24) is 20.9 Å². The van der Waals surface area contributed by atoms with E-state index >= 15 is 0 Å². The molecule has 38 heavy (non-hydrogen) atoms. The highest BCUT2D eigenvalue weighted by Crippen LogP contribution is 2.36. The van der Waals surface area contributed by atoms with Crippen molar-refractivity contribution in [1.29, 1.82) is 0 Å². The fraction of sp³-hybridized carbons (Fsp3) is 0.464. The highest BCUT2D eigenvalue weighted by atomic mass is 19.4. The Balaban J connectivity index is 1.19. The van der Waals surface area contributed by atoms with E-state index in [0.717, 1.165) is 57.3 Å². The smallest absolute Gasteiger partial charge is 0.355 e. The maximum atomic E-state index is 12.9. The van der Waals surface area contributed by atoms with Gasteiger partial charge in [-0.2, -0.15) is 13.2 Å². The topological polar surface area (TPSA) is 90.5 Å². The summed E-state index contributed by atoms with van der Waals surface area (Å²) in [6, 6.07) is 12.4. The lowest BCUT2D eigenvalue weighted by atomic mass is 9.81. The Hall–Kier alpha value is -3.40. The predicted octanol–water partition coefficient (Wildman–Crippen LogP) is 3.71. The van der Waals surface area contributed by atoms with Gasteiger partial charge in [0.25, 0.3) is 11.8 Å². The Morgan fingerprint density at radius 3 is 2.29 bits per heavy atom. The Kier molecular flexibility index (Phi) is 8.71. The number of hydrogen-bond acceptors (Lipinski definition) is 4. The molecule has 2 aromatic carbocycles. The number of benzene rings is 2. The van der Waals surface area contributed by atoms with Crippen molar-refractivity contribution in [2.24, 2.45) is 0 Å². The molecule has 1 saturated carbocycles. The number of halogens is 3. The molecule has 3 amide bonds. The number of likely N-dealkylation sites (tertiary alicyclic amines) is 1. The van der Waals surface area contributed by atoms with Crippen molar-refractivity contribution in [3.8, 4) is 0 Å². The molecular weight excluding hydrogens is 497 g/mol. The number of hydrogen-bond donors (Lipinski definition) is 3. The van der Waals surface area contributed by atoms with Crippen molar-refractivity contribution in [3.05, 3.63) is 70.8 Å². The third kappa shape index (κ3) is 6.92. The van der Waals surface area contributed by atoms with Gasteiger partial charge < -0.3 is 16.0 Å². The van der Waals surface area contributed by atoms with E-state index in [1.165, 1.54) is 17.7 Å². The van der Waals surface area contributed by atoms with Crippen molar-refractivity contribution in [3.63, 3.8) is 0 Å². The largest absolute Gasteiger partial charge is 0.416 e. The highest BCUT2D eigenvalue weighted by Gasteiger charge is 2.33. The molecular formula is C28H33F3N4O3. The Labute approximate surface area is 220 Å². The first kappa shape index (κ1) is 27.6. The molecule has 3 N–H and O–H groups in total. The van der Waals surface area contributed by atoms with Crippen LogP contribution in [0.2, 0.25) is 0 Å². The summed E-state index contributed by atoms with van der Waals surface area (Å²) in [7, 11) is 1.62. The van der Waals surface area contributed by atoms with Gasteiger partial charge in [0.15, 0.2) is 0 Å². The van der Waals surface area contributed by atoms with E-state index in [1.54, 1.807) is 7.05 Å². The molecule has 1 aliphatic carbocycles. The summed E-state index contributed by atoms with van der Waals surface area (Å²) in [4.78, 5) is 38.8. The van der Waals surface area contributed by atoms with E-state index in [2.05, 4.69) is 20.9 Å². The van der Waals surface area contributed by atoms with Gasteiger partial charge in [-0.05, 0) is 73.9 Å². The van der Waals surface area contributed by atoms with Crippen LogP contribution in [0.5, 0.6) is 0 Å². The summed E-state index contributed by atoms with van der Waals surface area (Å²) in [5.74, 6) is -0.696. The van der Waals surface area contributed by atoms with Gasteiger partial charge in [-0.15, -0.1) is 0 Å². The van der Waals surface area contributed by atoms with Gasteiger partial charge in [-0.1, -0.05) is 18.2 Å². The Morgan fingerprint density at radius 2 is 1.63 bits per heavy atom. The van der Waals surface area contributed by atoms with Crippen molar-refractivity contribution in [2.45, 2.75) is 56.3 Å². The molecule has 1 atom stereocenters. The lowest BCUT2D eigenvalue weighted by Gasteiger charge is -2.35. The van der Waals surface area contributed by atoms with Crippen molar-refractivity contribution >= 4 is 17.7 Å². The zero-order valence-corrected chi connectivity index (χ0v) is 21.3. The Morgan fingerprint density at radius 1 is 0.921 bits per heavy atom. The second kappa shape index (κ2) is 12.0. The molecule has 7 nitrogen and oxygen atoms in total. The molecule has 1 saturated heterocycles. The van der Waals surface area contributed by atoms with E-state index in [1.807, 2.05) is 24.3 Å². The fourth-order valence-corrected chi connectivity index (χ4v) is 5.44. The van der Waals surface area contributed by atoms with Gasteiger partial charge in [0.2, 0.25) is 5.91 Å². The van der Waals surface area contributed by atoms with Gasteiger partial charge in [-0.25, -0.2) is 0 Å². The molecule has 2 fully saturated rings. The zero-order valence-electron chi connectivity index (χ0n) is 21.3. The molecule has 1 heterocycles. The van der Waals surface area contributed by atoms with Gasteiger partial charge >= 0.3 is 6.18 Å². The van der Waals surface area contributed by atoms with Crippen LogP contribution in [0.15, 0.2) is 48.5 Å². The molecule has 204 valence electrons. The third-order valence-electron chi connectivity index (χ3n) is 7.53. The molecule has 2 aliphatic rings. The standard InChI is InChI=1S/C28H33F3N4O3/c1-32-26(37)20-7-5-18(6-8-20)19-9-11-24(12-10-19)35-14-13-23(17-35)34-25(36)16-33-27(38)21-3-2-4-22(15-21)28(29,30)31/h2-8,15,19,23-24H,9-14,16-17H2,1H3,(H,32,37)(H,33,38)(H,34,36)/t19?,23-,24?/m1/s1. The van der Waals surface area contributed by atoms with E-state index in [0.29, 0.717) is 17.5 Å². The predicted molar refractivity (Wildman–Crippen MR) is 137 cm³/mol. The molecule has 0 spiro atoms. The molecule has 0 bridgehead atoms. The second-order valence-corrected chi connectivity index (χ2v) is 10.0. The molecule has 0 aromatic heterocycles. The minimum Gasteiger partial charge on any atom is -0.355 e. The van der Waals surface area contributed by atoms with Crippen molar-refractivity contribution < 1.29 is 27.6 Å². The minimum absolute atomic E-state index is 0.0251. The van der Waals surface area contributed by atoms with E-state index in [-0.39, 0.29) is 30.0 Å². The SMILES string of the molecule is CNC(=O)c1ccc(C2CCC(N3CC[C@@H](NC(=O)CNC(=O)c4cccc(C(F)(F)F)c4)C3)CC2)cc1. The van der Waals surface area contributed by atoms with Crippen LogP contribution in [0.25, 0.3) is 0 Å². The van der Waals surface area contributed by atoms with E-state index < -0.39 is 17.6 Å². The summed E-state index contributed by atoms with van der Waals surface area (Å²) in [5.41, 5.74) is 0.867. The molecule has 10 heteroatoms. The first-order chi connectivity index (χ1) is 18.1. The number of carbonyl (C=O) groups is 3. The van der Waals surface area contributed by atoms with E-state index in [4.69, 9.17) is 0 Å². The van der Waals surface area contributed by atoms with Crippen LogP contribution in [-0.2, 0) is 11.0 Å². The zero-order chi connectivity index (χ0) is 27.3. The molecule has 4 rings (SSSR count). The normalized spacial score (nSPS) is 22.1. The number of amides is 3. The summed E-state index contributed by atoms with van der Waals surface area (Å²) in [6.07, 6.45) is 0.540. The first-order valence-electron chi connectivity index (χ1n) is 12.9. The molecule has 2 aromatic rings. The lowest BCUT2D eigenvalue weighted by molar-refractivity contribution is -0.137. The fourth-order valence-electron chi connectivity index (χ4n) is 5.44. The van der Waals surface area contributed by atoms with Gasteiger partial charge in [-0.3, -0.25) is 19.3 Å². The number of rotatable bonds is 7. The first-order valence-corrected chi connectivity index (χ1v) is 12.9. The highest BCUT2D eigenvalue weighted by molar-refractivity contribution is 5.96. The molecule has 0 radical (unpaired) electrons. The average molecular weight is 531 g/mol. The maximum Gasteiger partial charge on any atom is 0.416 e. The van der Waals surface area contributed by atoms with E-state index in [9.17, 15) is 27.6 Å². The summed E-state index contributed by atoms with van der Waals surface area (Å²) in [5, 5.41) is 7.98. The summed E-state index contributed by atoms with van der Waals surface area (Å²) in [6.45, 7) is 1.33.